The fourth-order valence-electron chi connectivity index (χ4n) is 1.89. The van der Waals surface area contributed by atoms with E-state index >= 15 is 0 Å². The molecule has 14 heavy (non-hydrogen) atoms. The van der Waals surface area contributed by atoms with Crippen molar-refractivity contribution in [3.63, 3.8) is 0 Å². The average Bonchev–Trinajstić information content (AvgIpc) is 2.23. The standard InChI is InChI=1S/C10H15N3O/c1-8-10(14)13(6-5-12-8)9-3-2-4-11-7-9/h5-6,9,11H,2-4,7H2,1H3/t9-/m1/s1. The van der Waals surface area contributed by atoms with Crippen molar-refractivity contribution >= 4 is 0 Å². The minimum absolute atomic E-state index is 0.0428. The number of hydrogen-bond donors (Lipinski definition) is 1. The van der Waals surface area contributed by atoms with Gasteiger partial charge in [-0.2, -0.15) is 0 Å². The van der Waals surface area contributed by atoms with Gasteiger partial charge in [0.25, 0.3) is 5.56 Å². The number of hydrogen-bond acceptors (Lipinski definition) is 3. The number of rotatable bonds is 1. The molecule has 1 N–H and O–H groups in total. The molecular formula is C10H15N3O. The van der Waals surface area contributed by atoms with E-state index in [2.05, 4.69) is 10.3 Å². The Kier molecular flexibility index (Phi) is 2.63. The van der Waals surface area contributed by atoms with E-state index in [1.807, 2.05) is 0 Å². The SMILES string of the molecule is Cc1nccn([C@@H]2CCCNC2)c1=O. The molecule has 0 amide bonds. The second-order valence-electron chi connectivity index (χ2n) is 3.73. The van der Waals surface area contributed by atoms with Crippen LogP contribution in [0.3, 0.4) is 0 Å². The third-order valence-corrected chi connectivity index (χ3v) is 2.70. The van der Waals surface area contributed by atoms with Crippen LogP contribution < -0.4 is 10.9 Å². The number of aromatic nitrogens is 2. The van der Waals surface area contributed by atoms with Crippen molar-refractivity contribution in [3.8, 4) is 0 Å². The van der Waals surface area contributed by atoms with Gasteiger partial charge < -0.3 is 9.88 Å². The van der Waals surface area contributed by atoms with Crippen molar-refractivity contribution in [1.82, 2.24) is 14.9 Å². The van der Waals surface area contributed by atoms with Gasteiger partial charge in [0.1, 0.15) is 5.69 Å². The van der Waals surface area contributed by atoms with Crippen LogP contribution in [0.25, 0.3) is 0 Å². The van der Waals surface area contributed by atoms with Crippen LogP contribution >= 0.6 is 0 Å². The number of nitrogens with one attached hydrogen (secondary N) is 1. The third-order valence-electron chi connectivity index (χ3n) is 2.70. The van der Waals surface area contributed by atoms with Crippen LogP contribution in [0.2, 0.25) is 0 Å². The van der Waals surface area contributed by atoms with Gasteiger partial charge in [0, 0.05) is 25.0 Å². The highest BCUT2D eigenvalue weighted by molar-refractivity contribution is 4.97. The maximum absolute atomic E-state index is 11.7. The lowest BCUT2D eigenvalue weighted by Crippen LogP contribution is -2.37. The van der Waals surface area contributed by atoms with Crippen LogP contribution in [0.1, 0.15) is 24.6 Å². The van der Waals surface area contributed by atoms with E-state index in [1.165, 1.54) is 0 Å². The normalized spacial score (nSPS) is 22.2. The van der Waals surface area contributed by atoms with Crippen LogP contribution in [0, 0.1) is 6.92 Å². The molecule has 76 valence electrons. The summed E-state index contributed by atoms with van der Waals surface area (Å²) in [5, 5.41) is 3.30. The number of nitrogens with zero attached hydrogens (tertiary/aromatic N) is 2. The molecule has 1 atom stereocenters. The van der Waals surface area contributed by atoms with Crippen LogP contribution in [0.5, 0.6) is 0 Å². The van der Waals surface area contributed by atoms with Gasteiger partial charge >= 0.3 is 0 Å². The predicted molar refractivity (Wildman–Crippen MR) is 54.4 cm³/mol. The lowest BCUT2D eigenvalue weighted by Gasteiger charge is -2.24. The van der Waals surface area contributed by atoms with Gasteiger partial charge in [-0.1, -0.05) is 0 Å². The van der Waals surface area contributed by atoms with Crippen molar-refractivity contribution in [3.05, 3.63) is 28.4 Å². The topological polar surface area (TPSA) is 46.9 Å². The monoisotopic (exact) mass is 193 g/mol. The molecule has 0 radical (unpaired) electrons. The van der Waals surface area contributed by atoms with Crippen molar-refractivity contribution in [2.45, 2.75) is 25.8 Å². The Hall–Kier alpha value is -1.16. The molecule has 0 saturated carbocycles. The highest BCUT2D eigenvalue weighted by Crippen LogP contribution is 2.13. The Bertz CT molecular complexity index is 366. The Morgan fingerprint density at radius 1 is 1.64 bits per heavy atom. The molecule has 4 nitrogen and oxygen atoms in total. The molecule has 2 rings (SSSR count). The van der Waals surface area contributed by atoms with E-state index < -0.39 is 0 Å². The Morgan fingerprint density at radius 3 is 3.21 bits per heavy atom. The molecule has 4 heteroatoms. The zero-order valence-electron chi connectivity index (χ0n) is 8.36. The average molecular weight is 193 g/mol. The summed E-state index contributed by atoms with van der Waals surface area (Å²) in [7, 11) is 0. The first-order valence-corrected chi connectivity index (χ1v) is 5.03. The molecule has 0 unspecified atom stereocenters. The summed E-state index contributed by atoms with van der Waals surface area (Å²) in [5.41, 5.74) is 0.624. The fraction of sp³-hybridized carbons (Fsp3) is 0.600. The molecule has 1 aliphatic heterocycles. The summed E-state index contributed by atoms with van der Waals surface area (Å²) in [6.07, 6.45) is 5.70. The largest absolute Gasteiger partial charge is 0.315 e. The van der Waals surface area contributed by atoms with Crippen molar-refractivity contribution in [2.75, 3.05) is 13.1 Å². The van der Waals surface area contributed by atoms with Gasteiger partial charge in [-0.15, -0.1) is 0 Å². The van der Waals surface area contributed by atoms with Crippen LogP contribution in [0.4, 0.5) is 0 Å². The quantitative estimate of drug-likeness (QED) is 0.705. The molecule has 0 spiro atoms. The summed E-state index contributed by atoms with van der Waals surface area (Å²) in [6, 6.07) is 0.304. The first kappa shape index (κ1) is 9.40. The zero-order valence-corrected chi connectivity index (χ0v) is 8.36. The van der Waals surface area contributed by atoms with Gasteiger partial charge in [-0.3, -0.25) is 9.78 Å². The molecule has 1 aliphatic rings. The van der Waals surface area contributed by atoms with Gasteiger partial charge in [0.15, 0.2) is 0 Å². The lowest BCUT2D eigenvalue weighted by molar-refractivity contribution is 0.362. The molecule has 1 aromatic rings. The highest BCUT2D eigenvalue weighted by Gasteiger charge is 2.15. The highest BCUT2D eigenvalue weighted by atomic mass is 16.1. The smallest absolute Gasteiger partial charge is 0.272 e. The van der Waals surface area contributed by atoms with Gasteiger partial charge in [0.05, 0.1) is 0 Å². The van der Waals surface area contributed by atoms with Gasteiger partial charge in [0.2, 0.25) is 0 Å². The Labute approximate surface area is 83.0 Å². The first-order chi connectivity index (χ1) is 6.79. The summed E-state index contributed by atoms with van der Waals surface area (Å²) in [5.74, 6) is 0. The number of aryl methyl sites for hydroxylation is 1. The Morgan fingerprint density at radius 2 is 2.50 bits per heavy atom. The third kappa shape index (κ3) is 1.70. The minimum atomic E-state index is 0.0428. The summed E-state index contributed by atoms with van der Waals surface area (Å²) < 4.78 is 1.80. The minimum Gasteiger partial charge on any atom is -0.315 e. The van der Waals surface area contributed by atoms with E-state index in [4.69, 9.17) is 0 Å². The fourth-order valence-corrected chi connectivity index (χ4v) is 1.89. The molecule has 1 fully saturated rings. The molecule has 1 aromatic heterocycles. The maximum Gasteiger partial charge on any atom is 0.272 e. The Balaban J connectivity index is 2.31. The molecule has 0 aliphatic carbocycles. The lowest BCUT2D eigenvalue weighted by atomic mass is 10.1. The van der Waals surface area contributed by atoms with Gasteiger partial charge in [-0.05, 0) is 26.3 Å². The van der Waals surface area contributed by atoms with Crippen molar-refractivity contribution in [2.24, 2.45) is 0 Å². The van der Waals surface area contributed by atoms with E-state index in [1.54, 1.807) is 23.9 Å². The molecular weight excluding hydrogens is 178 g/mol. The molecule has 1 saturated heterocycles. The van der Waals surface area contributed by atoms with E-state index in [9.17, 15) is 4.79 Å². The summed E-state index contributed by atoms with van der Waals surface area (Å²) >= 11 is 0. The second kappa shape index (κ2) is 3.92. The molecule has 0 bridgehead atoms. The van der Waals surface area contributed by atoms with E-state index in [-0.39, 0.29) is 5.56 Å². The van der Waals surface area contributed by atoms with Crippen LogP contribution in [0.15, 0.2) is 17.2 Å². The zero-order chi connectivity index (χ0) is 9.97. The maximum atomic E-state index is 11.7. The van der Waals surface area contributed by atoms with Crippen molar-refractivity contribution in [1.29, 1.82) is 0 Å². The second-order valence-corrected chi connectivity index (χ2v) is 3.73. The summed E-state index contributed by atoms with van der Waals surface area (Å²) in [4.78, 5) is 15.7. The van der Waals surface area contributed by atoms with E-state index in [0.717, 1.165) is 25.9 Å². The number of piperidine rings is 1. The van der Waals surface area contributed by atoms with Crippen LogP contribution in [-0.4, -0.2) is 22.6 Å². The molecule has 0 aromatic carbocycles. The summed E-state index contributed by atoms with van der Waals surface area (Å²) in [6.45, 7) is 3.72. The van der Waals surface area contributed by atoms with Gasteiger partial charge in [-0.25, -0.2) is 0 Å². The van der Waals surface area contributed by atoms with Crippen molar-refractivity contribution < 1.29 is 0 Å². The predicted octanol–water partition coefficient (Wildman–Crippen LogP) is 0.476. The molecule has 2 heterocycles. The van der Waals surface area contributed by atoms with Crippen LogP contribution in [-0.2, 0) is 0 Å². The van der Waals surface area contributed by atoms with E-state index in [0.29, 0.717) is 11.7 Å². The first-order valence-electron chi connectivity index (χ1n) is 5.03.